The van der Waals surface area contributed by atoms with Crippen LogP contribution in [0.3, 0.4) is 0 Å². The molecule has 164 valence electrons. The molecule has 0 amide bonds. The standard InChI is InChI=1S/C20H13F4N5O2S/c21-14-6-4-12(5-7-14)17-16(13-2-1-3-15(10-13)32(25,30)31)18(29-9-8-26-11-29)28-19(27-17)20(22,23)24/h1-11H,(H2,25,30,31). The van der Waals surface area contributed by atoms with E-state index in [1.165, 1.54) is 59.7 Å². The van der Waals surface area contributed by atoms with Crippen molar-refractivity contribution in [1.29, 1.82) is 0 Å². The number of rotatable bonds is 4. The third kappa shape index (κ3) is 4.22. The summed E-state index contributed by atoms with van der Waals surface area (Å²) in [5.74, 6) is -2.21. The highest BCUT2D eigenvalue weighted by molar-refractivity contribution is 7.89. The zero-order valence-electron chi connectivity index (χ0n) is 16.0. The maximum Gasteiger partial charge on any atom is 0.451 e. The molecule has 12 heteroatoms. The van der Waals surface area contributed by atoms with E-state index in [0.29, 0.717) is 0 Å². The Kier molecular flexibility index (Phi) is 5.26. The second kappa shape index (κ2) is 7.80. The lowest BCUT2D eigenvalue weighted by Crippen LogP contribution is -2.16. The average molecular weight is 463 g/mol. The summed E-state index contributed by atoms with van der Waals surface area (Å²) in [6.45, 7) is 0. The van der Waals surface area contributed by atoms with Crippen LogP contribution < -0.4 is 5.14 Å². The molecule has 0 unspecified atom stereocenters. The minimum absolute atomic E-state index is 0.0770. The summed E-state index contributed by atoms with van der Waals surface area (Å²) >= 11 is 0. The minimum atomic E-state index is -4.88. The van der Waals surface area contributed by atoms with E-state index in [-0.39, 0.29) is 33.1 Å². The molecule has 32 heavy (non-hydrogen) atoms. The fraction of sp³-hybridized carbons (Fsp3) is 0.0500. The van der Waals surface area contributed by atoms with Crippen molar-refractivity contribution in [2.24, 2.45) is 5.14 Å². The van der Waals surface area contributed by atoms with Crippen LogP contribution >= 0.6 is 0 Å². The summed E-state index contributed by atoms with van der Waals surface area (Å²) < 4.78 is 79.3. The zero-order chi connectivity index (χ0) is 23.1. The molecule has 4 aromatic rings. The molecule has 0 aliphatic heterocycles. The van der Waals surface area contributed by atoms with E-state index in [0.717, 1.165) is 12.1 Å². The molecule has 0 aliphatic rings. The van der Waals surface area contributed by atoms with E-state index in [1.807, 2.05) is 0 Å². The maximum atomic E-state index is 13.6. The zero-order valence-corrected chi connectivity index (χ0v) is 16.8. The summed E-state index contributed by atoms with van der Waals surface area (Å²) in [4.78, 5) is 11.0. The van der Waals surface area contributed by atoms with E-state index in [1.54, 1.807) is 0 Å². The molecule has 0 radical (unpaired) electrons. The minimum Gasteiger partial charge on any atom is -0.290 e. The van der Waals surface area contributed by atoms with Crippen LogP contribution in [-0.2, 0) is 16.2 Å². The first-order chi connectivity index (χ1) is 15.0. The quantitative estimate of drug-likeness (QED) is 0.464. The first-order valence-electron chi connectivity index (χ1n) is 8.91. The Morgan fingerprint density at radius 1 is 0.969 bits per heavy atom. The highest BCUT2D eigenvalue weighted by atomic mass is 32.2. The second-order valence-corrected chi connectivity index (χ2v) is 8.20. The van der Waals surface area contributed by atoms with Gasteiger partial charge in [-0.3, -0.25) is 4.57 Å². The van der Waals surface area contributed by atoms with Gasteiger partial charge in [0.15, 0.2) is 5.82 Å². The summed E-state index contributed by atoms with van der Waals surface area (Å²) in [5, 5.41) is 5.22. The van der Waals surface area contributed by atoms with Crippen molar-refractivity contribution in [1.82, 2.24) is 19.5 Å². The van der Waals surface area contributed by atoms with Crippen LogP contribution in [0.15, 0.2) is 72.1 Å². The number of imidazole rings is 1. The van der Waals surface area contributed by atoms with Gasteiger partial charge >= 0.3 is 6.18 Å². The van der Waals surface area contributed by atoms with Crippen molar-refractivity contribution in [2.45, 2.75) is 11.1 Å². The van der Waals surface area contributed by atoms with E-state index in [2.05, 4.69) is 15.0 Å². The third-order valence-electron chi connectivity index (χ3n) is 4.46. The lowest BCUT2D eigenvalue weighted by Gasteiger charge is -2.18. The van der Waals surface area contributed by atoms with Gasteiger partial charge in [0.05, 0.1) is 16.2 Å². The van der Waals surface area contributed by atoms with Gasteiger partial charge in [-0.1, -0.05) is 12.1 Å². The molecule has 0 atom stereocenters. The number of halogens is 4. The number of primary sulfonamides is 1. The van der Waals surface area contributed by atoms with Gasteiger partial charge in [-0.25, -0.2) is 32.9 Å². The molecule has 7 nitrogen and oxygen atoms in total. The van der Waals surface area contributed by atoms with Gasteiger partial charge in [-0.05, 0) is 42.0 Å². The van der Waals surface area contributed by atoms with E-state index >= 15 is 0 Å². The second-order valence-electron chi connectivity index (χ2n) is 6.64. The van der Waals surface area contributed by atoms with E-state index in [4.69, 9.17) is 5.14 Å². The maximum absolute atomic E-state index is 13.6. The summed E-state index contributed by atoms with van der Waals surface area (Å²) in [6, 6.07) is 10.0. The van der Waals surface area contributed by atoms with Gasteiger partial charge in [0.2, 0.25) is 15.8 Å². The van der Waals surface area contributed by atoms with Crippen LogP contribution in [0.4, 0.5) is 17.6 Å². The molecular formula is C20H13F4N5O2S. The number of nitrogens with two attached hydrogens (primary N) is 1. The predicted molar refractivity (Wildman–Crippen MR) is 106 cm³/mol. The smallest absolute Gasteiger partial charge is 0.290 e. The third-order valence-corrected chi connectivity index (χ3v) is 5.37. The average Bonchev–Trinajstić information content (AvgIpc) is 3.27. The van der Waals surface area contributed by atoms with Crippen molar-refractivity contribution in [3.05, 3.63) is 78.9 Å². The van der Waals surface area contributed by atoms with Crippen LogP contribution in [0, 0.1) is 5.82 Å². The molecule has 0 aliphatic carbocycles. The topological polar surface area (TPSA) is 104 Å². The SMILES string of the molecule is NS(=O)(=O)c1cccc(-c2c(-c3ccc(F)cc3)nc(C(F)(F)F)nc2-n2ccnc2)c1. The van der Waals surface area contributed by atoms with Gasteiger partial charge in [0.25, 0.3) is 0 Å². The Morgan fingerprint density at radius 3 is 2.28 bits per heavy atom. The molecule has 0 bridgehead atoms. The molecule has 2 aromatic heterocycles. The first-order valence-corrected chi connectivity index (χ1v) is 10.5. The Morgan fingerprint density at radius 2 is 1.69 bits per heavy atom. The number of nitrogens with zero attached hydrogens (tertiary/aromatic N) is 4. The van der Waals surface area contributed by atoms with Crippen molar-refractivity contribution in [3.8, 4) is 28.2 Å². The monoisotopic (exact) mass is 463 g/mol. The highest BCUT2D eigenvalue weighted by Crippen LogP contribution is 2.38. The Labute approximate surface area is 179 Å². The fourth-order valence-electron chi connectivity index (χ4n) is 3.06. The number of aromatic nitrogens is 4. The number of sulfonamides is 1. The van der Waals surface area contributed by atoms with Crippen molar-refractivity contribution in [3.63, 3.8) is 0 Å². The molecule has 0 saturated carbocycles. The lowest BCUT2D eigenvalue weighted by molar-refractivity contribution is -0.144. The lowest BCUT2D eigenvalue weighted by atomic mass is 9.99. The summed E-state index contributed by atoms with van der Waals surface area (Å²) in [7, 11) is -4.10. The number of hydrogen-bond acceptors (Lipinski definition) is 5. The van der Waals surface area contributed by atoms with Crippen molar-refractivity contribution >= 4 is 10.0 Å². The first kappa shape index (κ1) is 21.6. The largest absolute Gasteiger partial charge is 0.451 e. The number of hydrogen-bond donors (Lipinski definition) is 1. The highest BCUT2D eigenvalue weighted by Gasteiger charge is 2.37. The molecule has 2 aromatic carbocycles. The molecular weight excluding hydrogens is 450 g/mol. The van der Waals surface area contributed by atoms with Crippen molar-refractivity contribution in [2.75, 3.05) is 0 Å². The van der Waals surface area contributed by atoms with Gasteiger partial charge in [-0.2, -0.15) is 13.2 Å². The van der Waals surface area contributed by atoms with Gasteiger partial charge in [-0.15, -0.1) is 0 Å². The van der Waals surface area contributed by atoms with Crippen LogP contribution in [0.2, 0.25) is 0 Å². The molecule has 2 heterocycles. The van der Waals surface area contributed by atoms with Crippen molar-refractivity contribution < 1.29 is 26.0 Å². The Bertz CT molecular complexity index is 1390. The van der Waals surface area contributed by atoms with Crippen LogP contribution in [0.25, 0.3) is 28.2 Å². The number of benzene rings is 2. The predicted octanol–water partition coefficient (Wildman–Crippen LogP) is 3.80. The van der Waals surface area contributed by atoms with Crippen LogP contribution in [0.5, 0.6) is 0 Å². The summed E-state index contributed by atoms with van der Waals surface area (Å²) in [6.07, 6.45) is -0.920. The summed E-state index contributed by atoms with van der Waals surface area (Å²) in [5.41, 5.74) is 0.251. The van der Waals surface area contributed by atoms with Gasteiger partial charge in [0.1, 0.15) is 12.1 Å². The van der Waals surface area contributed by atoms with Gasteiger partial charge in [0, 0.05) is 18.0 Å². The van der Waals surface area contributed by atoms with Gasteiger partial charge < -0.3 is 0 Å². The van der Waals surface area contributed by atoms with Crippen LogP contribution in [0.1, 0.15) is 5.82 Å². The van der Waals surface area contributed by atoms with E-state index < -0.39 is 27.8 Å². The molecule has 2 N–H and O–H groups in total. The normalized spacial score (nSPS) is 12.2. The fourth-order valence-corrected chi connectivity index (χ4v) is 3.62. The molecule has 0 saturated heterocycles. The molecule has 4 rings (SSSR count). The van der Waals surface area contributed by atoms with E-state index in [9.17, 15) is 26.0 Å². The Balaban J connectivity index is 2.12. The van der Waals surface area contributed by atoms with Crippen LogP contribution in [-0.4, -0.2) is 27.9 Å². The molecule has 0 spiro atoms. The Hall–Kier alpha value is -3.64. The molecule has 0 fully saturated rings. The number of alkyl halides is 3.